The van der Waals surface area contributed by atoms with Crippen molar-refractivity contribution >= 4 is 163 Å². The van der Waals surface area contributed by atoms with E-state index in [9.17, 15) is 0 Å². The molecule has 6 nitrogen and oxygen atoms in total. The maximum atomic E-state index is 5.53. The Morgan fingerprint density at radius 1 is 0.161 bits per heavy atom. The second-order valence-corrected chi connectivity index (χ2v) is 42.9. The van der Waals surface area contributed by atoms with Crippen molar-refractivity contribution in [3.63, 3.8) is 0 Å². The molecule has 6 heterocycles. The van der Waals surface area contributed by atoms with E-state index < -0.39 is 0 Å². The number of fused-ring (bicyclic) bond motifs is 27. The summed E-state index contributed by atoms with van der Waals surface area (Å²) in [6, 6.07) is 164. The van der Waals surface area contributed by atoms with E-state index in [0.29, 0.717) is 0 Å². The standard InChI is InChI=1S/C53H42N2.C47H30N2.C43H38N2/c1-31-24-33(3)51(34(4)25-31)38-18-20-41-44-22-23-48(37-12-11-13-40(28-37)55-49-16-9-7-14-42(49)43-15-8-10-17-50(43)55)54-53(44)45-21-19-39(30-47(45)46(41)29-38)52-35(5)26-32(2)27-36(52)6;1-3-12-31(13-4-1)33-22-24-37-40-26-27-44(48-47(40)41-25-23-34(30-43(41)42(37)29-33)32-14-5-2-6-15-32)35-16-11-17-36(28-35)49-45-20-9-7-18-38(45)39-19-8-10-21-46(39)49;1-42(2,3)28-18-20-31-34-22-23-38(44-41(34)35-21-19-29(43(4,5)6)26-37(35)36(31)25-28)27-12-11-13-30(24-27)45-39-16-9-7-14-32(39)33-15-8-10-17-40(33)45/h7-30H,1-6H3;1-30H;7-26H,1-6H3. The zero-order valence-corrected chi connectivity index (χ0v) is 85.9. The minimum atomic E-state index is 0.0552. The number of benzene rings is 22. The molecule has 0 aliphatic carbocycles. The van der Waals surface area contributed by atoms with Gasteiger partial charge >= 0.3 is 0 Å². The van der Waals surface area contributed by atoms with Crippen LogP contribution < -0.4 is 0 Å². The third-order valence-corrected chi connectivity index (χ3v) is 31.1. The lowest BCUT2D eigenvalue weighted by Gasteiger charge is -2.22. The second kappa shape index (κ2) is 36.1. The molecule has 0 amide bonds. The number of hydrogen-bond acceptors (Lipinski definition) is 3. The minimum Gasteiger partial charge on any atom is -0.309 e. The van der Waals surface area contributed by atoms with E-state index in [4.69, 9.17) is 15.0 Å². The number of aryl methyl sites for hydroxylation is 6. The van der Waals surface area contributed by atoms with Gasteiger partial charge in [-0.25, -0.2) is 15.0 Å². The Bertz CT molecular complexity index is 10200. The first-order valence-corrected chi connectivity index (χ1v) is 52.1. The molecule has 0 spiro atoms. The molecule has 0 unspecified atom stereocenters. The maximum Gasteiger partial charge on any atom is 0.0794 e. The van der Waals surface area contributed by atoms with Gasteiger partial charge in [-0.1, -0.05) is 356 Å². The third kappa shape index (κ3) is 15.8. The predicted octanol–water partition coefficient (Wildman–Crippen LogP) is 39.0. The van der Waals surface area contributed by atoms with E-state index in [1.54, 1.807) is 0 Å². The van der Waals surface area contributed by atoms with Crippen LogP contribution in [0.5, 0.6) is 0 Å². The quantitative estimate of drug-likeness (QED) is 0.128. The molecule has 22 aromatic carbocycles. The lowest BCUT2D eigenvalue weighted by Crippen LogP contribution is -2.11. The molecule has 0 aliphatic rings. The van der Waals surface area contributed by atoms with Crippen LogP contribution in [0.15, 0.2) is 449 Å². The van der Waals surface area contributed by atoms with Crippen LogP contribution in [0.3, 0.4) is 0 Å². The SMILES string of the molecule is CC(C)(C)c1ccc2c(c1)c1cc(C(C)(C)C)ccc1c1nc(-c3cccc(-n4c5ccccc5c5ccccc54)c3)ccc21.Cc1cc(C)c(-c2ccc3c(c2)c2cc(-c4c(C)cc(C)cc4C)ccc2c2nc(-c4cccc(-n5c6ccccc6c6ccccc65)c4)ccc32)c(C)c1.c1ccc(-c2ccc3c(c2)c2cc(-c4ccccc4)ccc2c2nc(-c4cccc(-n5c6ccccc6c6ccccc65)c4)ccc32)cc1. The van der Waals surface area contributed by atoms with E-state index in [0.717, 1.165) is 78.2 Å². The Morgan fingerprint density at radius 3 is 0.698 bits per heavy atom. The summed E-state index contributed by atoms with van der Waals surface area (Å²) in [7, 11) is 0. The van der Waals surface area contributed by atoms with Crippen molar-refractivity contribution in [2.75, 3.05) is 0 Å². The molecule has 28 aromatic rings. The molecule has 0 N–H and O–H groups in total. The minimum absolute atomic E-state index is 0.0552. The van der Waals surface area contributed by atoms with Gasteiger partial charge in [-0.2, -0.15) is 0 Å². The van der Waals surface area contributed by atoms with Crippen LogP contribution in [-0.2, 0) is 10.8 Å². The summed E-state index contributed by atoms with van der Waals surface area (Å²) in [4.78, 5) is 16.4. The fraction of sp³-hybridized carbons (Fsp3) is 0.0979. The zero-order chi connectivity index (χ0) is 101. The van der Waals surface area contributed by atoms with E-state index in [1.165, 1.54) is 224 Å². The van der Waals surface area contributed by atoms with Gasteiger partial charge in [-0.15, -0.1) is 0 Å². The highest BCUT2D eigenvalue weighted by molar-refractivity contribution is 6.29. The first-order chi connectivity index (χ1) is 72.6. The number of rotatable bonds is 10. The van der Waals surface area contributed by atoms with Crippen LogP contribution in [0.1, 0.15) is 86.1 Å². The van der Waals surface area contributed by atoms with Gasteiger partial charge in [0.25, 0.3) is 0 Å². The van der Waals surface area contributed by atoms with Gasteiger partial charge in [0.15, 0.2) is 0 Å². The van der Waals surface area contributed by atoms with Crippen molar-refractivity contribution in [2.24, 2.45) is 0 Å². The van der Waals surface area contributed by atoms with Gasteiger partial charge < -0.3 is 13.7 Å². The number of aromatic nitrogens is 6. The van der Waals surface area contributed by atoms with E-state index in [1.807, 2.05) is 0 Å². The number of para-hydroxylation sites is 6. The van der Waals surface area contributed by atoms with Crippen molar-refractivity contribution in [2.45, 2.75) is 93.9 Å². The molecule has 0 saturated heterocycles. The van der Waals surface area contributed by atoms with Gasteiger partial charge in [0.1, 0.15) is 0 Å². The topological polar surface area (TPSA) is 53.5 Å². The molecular formula is C143H110N6. The molecule has 0 fully saturated rings. The Morgan fingerprint density at radius 2 is 0.389 bits per heavy atom. The van der Waals surface area contributed by atoms with Gasteiger partial charge in [-0.05, 0) is 324 Å². The van der Waals surface area contributed by atoms with Gasteiger partial charge in [0.2, 0.25) is 0 Å². The van der Waals surface area contributed by atoms with Gasteiger partial charge in [0, 0.05) is 98.4 Å². The summed E-state index contributed by atoms with van der Waals surface area (Å²) in [5.41, 5.74) is 40.5. The van der Waals surface area contributed by atoms with Crippen molar-refractivity contribution < 1.29 is 0 Å². The predicted molar refractivity (Wildman–Crippen MR) is 637 cm³/mol. The zero-order valence-electron chi connectivity index (χ0n) is 85.9. The molecule has 6 aromatic heterocycles. The largest absolute Gasteiger partial charge is 0.309 e. The monoisotopic (exact) mass is 1910 g/mol. The highest BCUT2D eigenvalue weighted by Gasteiger charge is 2.26. The number of pyridine rings is 3. The van der Waals surface area contributed by atoms with Crippen LogP contribution in [-0.4, -0.2) is 28.7 Å². The Hall–Kier alpha value is -18.0. The molecule has 149 heavy (non-hydrogen) atoms. The van der Waals surface area contributed by atoms with Crippen LogP contribution in [0.25, 0.3) is 258 Å². The normalized spacial score (nSPS) is 12.0. The smallest absolute Gasteiger partial charge is 0.0794 e. The van der Waals surface area contributed by atoms with Crippen LogP contribution in [0.2, 0.25) is 0 Å². The second-order valence-electron chi connectivity index (χ2n) is 42.9. The molecule has 6 heteroatoms. The average molecular weight is 1910 g/mol. The lowest BCUT2D eigenvalue weighted by molar-refractivity contribution is 0.590. The van der Waals surface area contributed by atoms with Gasteiger partial charge in [0.05, 0.1) is 66.7 Å². The Labute approximate surface area is 867 Å². The average Bonchev–Trinajstić information content (AvgIpc) is 1.65. The first-order valence-electron chi connectivity index (χ1n) is 52.1. The van der Waals surface area contributed by atoms with Crippen molar-refractivity contribution in [1.29, 1.82) is 0 Å². The maximum absolute atomic E-state index is 5.53. The number of hydrogen-bond donors (Lipinski definition) is 0. The van der Waals surface area contributed by atoms with E-state index in [2.05, 4.69) is 546 Å². The molecule has 28 rings (SSSR count). The summed E-state index contributed by atoms with van der Waals surface area (Å²) in [5.74, 6) is 0. The summed E-state index contributed by atoms with van der Waals surface area (Å²) in [6.07, 6.45) is 0. The molecule has 0 saturated carbocycles. The van der Waals surface area contributed by atoms with Crippen LogP contribution >= 0.6 is 0 Å². The fourth-order valence-electron chi connectivity index (χ4n) is 24.2. The summed E-state index contributed by atoms with van der Waals surface area (Å²) >= 11 is 0. The van der Waals surface area contributed by atoms with E-state index >= 15 is 0 Å². The highest BCUT2D eigenvalue weighted by Crippen LogP contribution is 2.48. The molecule has 0 radical (unpaired) electrons. The molecule has 712 valence electrons. The fourth-order valence-corrected chi connectivity index (χ4v) is 24.2. The van der Waals surface area contributed by atoms with Crippen LogP contribution in [0.4, 0.5) is 0 Å². The molecule has 0 atom stereocenters. The van der Waals surface area contributed by atoms with Gasteiger partial charge in [-0.3, -0.25) is 0 Å². The van der Waals surface area contributed by atoms with Crippen molar-refractivity contribution in [1.82, 2.24) is 28.7 Å². The van der Waals surface area contributed by atoms with Crippen LogP contribution in [0, 0.1) is 41.5 Å². The van der Waals surface area contributed by atoms with Crippen molar-refractivity contribution in [3.05, 3.63) is 493 Å². The Kier molecular flexibility index (Phi) is 22.0. The summed E-state index contributed by atoms with van der Waals surface area (Å²) in [5, 5.41) is 25.9. The van der Waals surface area contributed by atoms with E-state index in [-0.39, 0.29) is 10.8 Å². The Balaban J connectivity index is 0.000000113. The highest BCUT2D eigenvalue weighted by atomic mass is 15.0. The molecule has 0 aliphatic heterocycles. The summed E-state index contributed by atoms with van der Waals surface area (Å²) < 4.78 is 7.12. The third-order valence-electron chi connectivity index (χ3n) is 31.1. The van der Waals surface area contributed by atoms with Crippen molar-refractivity contribution in [3.8, 4) is 95.3 Å². The number of nitrogens with zero attached hydrogens (tertiary/aromatic N) is 6. The summed E-state index contributed by atoms with van der Waals surface area (Å²) in [6.45, 7) is 27.1. The molecular weight excluding hydrogens is 1800 g/mol. The lowest BCUT2D eigenvalue weighted by atomic mass is 9.82. The molecule has 0 bridgehead atoms. The first kappa shape index (κ1) is 91.0.